The van der Waals surface area contributed by atoms with Crippen LogP contribution in [0.2, 0.25) is 5.02 Å². The Hall–Kier alpha value is -2.00. The van der Waals surface area contributed by atoms with Gasteiger partial charge < -0.3 is 10.1 Å². The Morgan fingerprint density at radius 3 is 2.63 bits per heavy atom. The van der Waals surface area contributed by atoms with Crippen molar-refractivity contribution in [2.75, 3.05) is 11.9 Å². The van der Waals surface area contributed by atoms with E-state index >= 15 is 0 Å². The summed E-state index contributed by atoms with van der Waals surface area (Å²) in [5.74, 6) is -0.302. The number of nitrogens with one attached hydrogen (secondary N) is 1. The molecular weight excluding hydrogens is 262 g/mol. The van der Waals surface area contributed by atoms with Crippen molar-refractivity contribution in [1.29, 1.82) is 0 Å². The highest BCUT2D eigenvalue weighted by Gasteiger charge is 2.03. The molecule has 0 radical (unpaired) electrons. The summed E-state index contributed by atoms with van der Waals surface area (Å²) in [6, 6.07) is 16.8. The van der Waals surface area contributed by atoms with Gasteiger partial charge in [-0.25, -0.2) is 0 Å². The van der Waals surface area contributed by atoms with E-state index in [4.69, 9.17) is 16.3 Å². The number of hydrogen-bond donors (Lipinski definition) is 1. The molecule has 0 aliphatic carbocycles. The van der Waals surface area contributed by atoms with Gasteiger partial charge in [-0.1, -0.05) is 48.0 Å². The van der Waals surface area contributed by atoms with Gasteiger partial charge in [0.25, 0.3) is 0 Å². The average Bonchev–Trinajstić information content (AvgIpc) is 2.44. The second-order valence-corrected chi connectivity index (χ2v) is 4.45. The Bertz CT molecular complexity index is 543. The second-order valence-electron chi connectivity index (χ2n) is 4.01. The van der Waals surface area contributed by atoms with Crippen LogP contribution in [0.4, 0.5) is 5.69 Å². The fourth-order valence-electron chi connectivity index (χ4n) is 1.56. The Morgan fingerprint density at radius 1 is 1.11 bits per heavy atom. The third kappa shape index (κ3) is 4.64. The molecular formula is C15H14ClNO2. The molecule has 2 rings (SSSR count). The molecule has 19 heavy (non-hydrogen) atoms. The van der Waals surface area contributed by atoms with Crippen molar-refractivity contribution < 1.29 is 9.53 Å². The summed E-state index contributed by atoms with van der Waals surface area (Å²) in [6.45, 7) is 0.407. The Balaban J connectivity index is 1.76. The van der Waals surface area contributed by atoms with Crippen molar-refractivity contribution in [3.8, 4) is 0 Å². The lowest BCUT2D eigenvalue weighted by Gasteiger charge is -2.07. The standard InChI is InChI=1S/C15H14ClNO2/c16-13-7-4-8-14(9-13)17-10-15(18)19-11-12-5-2-1-3-6-12/h1-9,17H,10-11H2. The van der Waals surface area contributed by atoms with Gasteiger partial charge in [-0.2, -0.15) is 0 Å². The van der Waals surface area contributed by atoms with Gasteiger partial charge in [0, 0.05) is 10.7 Å². The van der Waals surface area contributed by atoms with Gasteiger partial charge in [0.15, 0.2) is 0 Å². The van der Waals surface area contributed by atoms with Gasteiger partial charge in [-0.05, 0) is 23.8 Å². The van der Waals surface area contributed by atoms with Crippen molar-refractivity contribution in [2.45, 2.75) is 6.61 Å². The molecule has 0 fully saturated rings. The largest absolute Gasteiger partial charge is 0.460 e. The molecule has 0 aliphatic rings. The molecule has 98 valence electrons. The highest BCUT2D eigenvalue weighted by molar-refractivity contribution is 6.30. The van der Waals surface area contributed by atoms with Crippen LogP contribution in [-0.4, -0.2) is 12.5 Å². The monoisotopic (exact) mass is 275 g/mol. The lowest BCUT2D eigenvalue weighted by molar-refractivity contribution is -0.142. The molecule has 4 heteroatoms. The smallest absolute Gasteiger partial charge is 0.325 e. The van der Waals surface area contributed by atoms with Gasteiger partial charge in [0.05, 0.1) is 0 Å². The number of esters is 1. The van der Waals surface area contributed by atoms with Gasteiger partial charge in [-0.15, -0.1) is 0 Å². The second kappa shape index (κ2) is 6.81. The minimum Gasteiger partial charge on any atom is -0.460 e. The van der Waals surface area contributed by atoms with E-state index in [2.05, 4.69) is 5.32 Å². The molecule has 2 aromatic carbocycles. The summed E-state index contributed by atoms with van der Waals surface area (Å²) in [5.41, 5.74) is 1.77. The SMILES string of the molecule is O=C(CNc1cccc(Cl)c1)OCc1ccccc1. The number of ether oxygens (including phenoxy) is 1. The summed E-state index contributed by atoms with van der Waals surface area (Å²) in [7, 11) is 0. The maximum Gasteiger partial charge on any atom is 0.325 e. The maximum absolute atomic E-state index is 11.6. The number of carbonyl (C=O) groups excluding carboxylic acids is 1. The molecule has 0 atom stereocenters. The predicted molar refractivity (Wildman–Crippen MR) is 76.2 cm³/mol. The first-order chi connectivity index (χ1) is 9.24. The highest BCUT2D eigenvalue weighted by atomic mass is 35.5. The fourth-order valence-corrected chi connectivity index (χ4v) is 1.75. The molecule has 0 bridgehead atoms. The van der Waals surface area contributed by atoms with E-state index in [1.165, 1.54) is 0 Å². The summed E-state index contributed by atoms with van der Waals surface area (Å²) < 4.78 is 5.15. The molecule has 3 nitrogen and oxygen atoms in total. The number of carbonyl (C=O) groups is 1. The molecule has 0 saturated carbocycles. The quantitative estimate of drug-likeness (QED) is 0.849. The van der Waals surface area contributed by atoms with Crippen molar-refractivity contribution in [2.24, 2.45) is 0 Å². The average molecular weight is 276 g/mol. The van der Waals surface area contributed by atoms with E-state index in [9.17, 15) is 4.79 Å². The molecule has 0 heterocycles. The third-order valence-corrected chi connectivity index (χ3v) is 2.74. The minimum atomic E-state index is -0.302. The zero-order valence-corrected chi connectivity index (χ0v) is 11.1. The van der Waals surface area contributed by atoms with Gasteiger partial charge in [0.2, 0.25) is 0 Å². The Morgan fingerprint density at radius 2 is 1.89 bits per heavy atom. The fraction of sp³-hybridized carbons (Fsp3) is 0.133. The molecule has 0 aromatic heterocycles. The first kappa shape index (κ1) is 13.4. The van der Waals surface area contributed by atoms with E-state index in [0.717, 1.165) is 11.3 Å². The van der Waals surface area contributed by atoms with Gasteiger partial charge >= 0.3 is 5.97 Å². The first-order valence-corrected chi connectivity index (χ1v) is 6.31. The van der Waals surface area contributed by atoms with E-state index < -0.39 is 0 Å². The van der Waals surface area contributed by atoms with Crippen molar-refractivity contribution in [3.05, 3.63) is 65.2 Å². The number of benzene rings is 2. The minimum absolute atomic E-state index is 0.118. The lowest BCUT2D eigenvalue weighted by Crippen LogP contribution is -2.16. The van der Waals surface area contributed by atoms with Gasteiger partial charge in [-0.3, -0.25) is 4.79 Å². The molecule has 0 unspecified atom stereocenters. The topological polar surface area (TPSA) is 38.3 Å². The molecule has 0 spiro atoms. The molecule has 0 amide bonds. The third-order valence-electron chi connectivity index (χ3n) is 2.50. The highest BCUT2D eigenvalue weighted by Crippen LogP contribution is 2.14. The summed E-state index contributed by atoms with van der Waals surface area (Å²) in [5, 5.41) is 3.59. The lowest BCUT2D eigenvalue weighted by atomic mass is 10.2. The van der Waals surface area contributed by atoms with E-state index in [1.54, 1.807) is 12.1 Å². The summed E-state index contributed by atoms with van der Waals surface area (Å²) in [6.07, 6.45) is 0. The van der Waals surface area contributed by atoms with E-state index in [-0.39, 0.29) is 19.1 Å². The van der Waals surface area contributed by atoms with Crippen LogP contribution in [0, 0.1) is 0 Å². The Labute approximate surface area is 117 Å². The van der Waals surface area contributed by atoms with Crippen LogP contribution in [0.25, 0.3) is 0 Å². The van der Waals surface area contributed by atoms with Crippen molar-refractivity contribution in [1.82, 2.24) is 0 Å². The van der Waals surface area contributed by atoms with Crippen LogP contribution >= 0.6 is 11.6 Å². The normalized spacial score (nSPS) is 9.95. The van der Waals surface area contributed by atoms with E-state index in [0.29, 0.717) is 5.02 Å². The van der Waals surface area contributed by atoms with Crippen LogP contribution in [-0.2, 0) is 16.1 Å². The Kier molecular flexibility index (Phi) is 4.81. The molecule has 2 aromatic rings. The number of halogens is 1. The number of rotatable bonds is 5. The maximum atomic E-state index is 11.6. The van der Waals surface area contributed by atoms with Crippen LogP contribution in [0.3, 0.4) is 0 Å². The van der Waals surface area contributed by atoms with Crippen LogP contribution < -0.4 is 5.32 Å². The number of hydrogen-bond acceptors (Lipinski definition) is 3. The summed E-state index contributed by atoms with van der Waals surface area (Å²) in [4.78, 5) is 11.6. The predicted octanol–water partition coefficient (Wildman–Crippen LogP) is 3.50. The van der Waals surface area contributed by atoms with E-state index in [1.807, 2.05) is 42.5 Å². The number of anilines is 1. The van der Waals surface area contributed by atoms with Crippen LogP contribution in [0.15, 0.2) is 54.6 Å². The molecule has 1 N–H and O–H groups in total. The van der Waals surface area contributed by atoms with Crippen LogP contribution in [0.5, 0.6) is 0 Å². The zero-order chi connectivity index (χ0) is 13.5. The van der Waals surface area contributed by atoms with Crippen molar-refractivity contribution in [3.63, 3.8) is 0 Å². The van der Waals surface area contributed by atoms with Gasteiger partial charge in [0.1, 0.15) is 13.2 Å². The molecule has 0 aliphatic heterocycles. The van der Waals surface area contributed by atoms with Crippen LogP contribution in [0.1, 0.15) is 5.56 Å². The molecule has 0 saturated heterocycles. The first-order valence-electron chi connectivity index (χ1n) is 5.93. The van der Waals surface area contributed by atoms with Crippen molar-refractivity contribution >= 4 is 23.3 Å². The zero-order valence-electron chi connectivity index (χ0n) is 10.3. The summed E-state index contributed by atoms with van der Waals surface area (Å²) >= 11 is 5.85.